The molecule has 1 unspecified atom stereocenters. The monoisotopic (exact) mass is 228 g/mol. The summed E-state index contributed by atoms with van der Waals surface area (Å²) in [5, 5.41) is 13.2. The number of hydrogen-bond acceptors (Lipinski definition) is 4. The number of likely N-dealkylation sites (N-methyl/N-ethyl adjacent to an activating group) is 1. The minimum Gasteiger partial charge on any atom is -0.306 e. The van der Waals surface area contributed by atoms with E-state index in [2.05, 4.69) is 39.6 Å². The summed E-state index contributed by atoms with van der Waals surface area (Å²) in [6, 6.07) is 10.5. The number of hydrogen-bond donors (Lipinski definition) is 1. The molecule has 3 rings (SSSR count). The Balaban J connectivity index is 1.94. The lowest BCUT2D eigenvalue weighted by molar-refractivity contribution is 0.237. The molecule has 1 atom stereocenters. The van der Waals surface area contributed by atoms with Gasteiger partial charge in [-0.05, 0) is 19.2 Å². The van der Waals surface area contributed by atoms with E-state index in [9.17, 15) is 0 Å². The van der Waals surface area contributed by atoms with Crippen LogP contribution in [-0.4, -0.2) is 41.8 Å². The number of benzene rings is 1. The van der Waals surface area contributed by atoms with Crippen LogP contribution in [0.5, 0.6) is 0 Å². The van der Waals surface area contributed by atoms with Crippen LogP contribution in [0.2, 0.25) is 0 Å². The fraction of sp³-hybridized carbons (Fsp3) is 0.385. The van der Waals surface area contributed by atoms with E-state index in [1.807, 2.05) is 18.2 Å². The Labute approximate surface area is 101 Å². The second-order valence-corrected chi connectivity index (χ2v) is 4.60. The van der Waals surface area contributed by atoms with Crippen molar-refractivity contribution in [2.24, 2.45) is 0 Å². The highest BCUT2D eigenvalue weighted by Crippen LogP contribution is 2.18. The van der Waals surface area contributed by atoms with Gasteiger partial charge in [0, 0.05) is 25.0 Å². The number of aromatic nitrogens is 2. The van der Waals surface area contributed by atoms with Crippen LogP contribution in [-0.2, 0) is 0 Å². The third kappa shape index (κ3) is 2.14. The molecule has 88 valence electrons. The third-order valence-corrected chi connectivity index (χ3v) is 3.25. The fourth-order valence-electron chi connectivity index (χ4n) is 2.27. The Morgan fingerprint density at radius 1 is 1.29 bits per heavy atom. The maximum absolute atomic E-state index is 4.33. The molecule has 1 aliphatic rings. The van der Waals surface area contributed by atoms with E-state index in [-0.39, 0.29) is 0 Å². The van der Waals surface area contributed by atoms with Gasteiger partial charge in [-0.2, -0.15) is 10.2 Å². The normalized spacial score (nSPS) is 21.8. The summed E-state index contributed by atoms with van der Waals surface area (Å²) in [5.41, 5.74) is 2.00. The maximum atomic E-state index is 4.33. The van der Waals surface area contributed by atoms with Crippen LogP contribution in [0.3, 0.4) is 0 Å². The van der Waals surface area contributed by atoms with Crippen molar-refractivity contribution in [2.45, 2.75) is 6.04 Å². The molecule has 0 bridgehead atoms. The largest absolute Gasteiger partial charge is 0.306 e. The molecular formula is C13H16N4. The molecule has 1 aromatic heterocycles. The average molecular weight is 228 g/mol. The molecule has 1 N–H and O–H groups in total. The highest BCUT2D eigenvalue weighted by Gasteiger charge is 2.19. The summed E-state index contributed by atoms with van der Waals surface area (Å²) in [5.74, 6) is 0. The van der Waals surface area contributed by atoms with Crippen LogP contribution in [0, 0.1) is 0 Å². The van der Waals surface area contributed by atoms with E-state index in [1.165, 1.54) is 0 Å². The molecule has 2 aromatic rings. The zero-order valence-corrected chi connectivity index (χ0v) is 9.93. The second kappa shape index (κ2) is 4.39. The molecular weight excluding hydrogens is 212 g/mol. The zero-order valence-electron chi connectivity index (χ0n) is 9.93. The molecule has 2 heterocycles. The van der Waals surface area contributed by atoms with Gasteiger partial charge in [0.1, 0.15) is 0 Å². The van der Waals surface area contributed by atoms with Gasteiger partial charge in [0.2, 0.25) is 0 Å². The molecule has 0 radical (unpaired) electrons. The van der Waals surface area contributed by atoms with Gasteiger partial charge in [-0.1, -0.05) is 18.2 Å². The molecule has 1 saturated heterocycles. The Morgan fingerprint density at radius 3 is 3.06 bits per heavy atom. The smallest absolute Gasteiger partial charge is 0.0929 e. The van der Waals surface area contributed by atoms with E-state index in [0.29, 0.717) is 6.04 Å². The van der Waals surface area contributed by atoms with Crippen molar-refractivity contribution < 1.29 is 0 Å². The summed E-state index contributed by atoms with van der Waals surface area (Å²) < 4.78 is 0. The standard InChI is InChI=1S/C13H16N4/c1-17-7-6-14-13(9-17)12-8-10-4-2-3-5-11(10)15-16-12/h2-5,8,13-14H,6-7,9H2,1H3. The zero-order chi connectivity index (χ0) is 11.7. The highest BCUT2D eigenvalue weighted by atomic mass is 15.2. The molecule has 1 fully saturated rings. The van der Waals surface area contributed by atoms with Gasteiger partial charge in [-0.25, -0.2) is 0 Å². The predicted molar refractivity (Wildman–Crippen MR) is 67.8 cm³/mol. The number of rotatable bonds is 1. The summed E-state index contributed by atoms with van der Waals surface area (Å²) in [4.78, 5) is 2.32. The van der Waals surface area contributed by atoms with Crippen LogP contribution in [0.25, 0.3) is 10.9 Å². The molecule has 1 aliphatic heterocycles. The van der Waals surface area contributed by atoms with Crippen LogP contribution in [0.1, 0.15) is 11.7 Å². The first-order valence-corrected chi connectivity index (χ1v) is 5.97. The Bertz CT molecular complexity index is 526. The van der Waals surface area contributed by atoms with E-state index < -0.39 is 0 Å². The lowest BCUT2D eigenvalue weighted by Crippen LogP contribution is -2.44. The van der Waals surface area contributed by atoms with Crippen LogP contribution >= 0.6 is 0 Å². The van der Waals surface area contributed by atoms with Crippen LogP contribution in [0.15, 0.2) is 30.3 Å². The maximum Gasteiger partial charge on any atom is 0.0929 e. The van der Waals surface area contributed by atoms with Gasteiger partial charge < -0.3 is 10.2 Å². The van der Waals surface area contributed by atoms with Gasteiger partial charge in [0.05, 0.1) is 17.3 Å². The summed E-state index contributed by atoms with van der Waals surface area (Å²) in [6.45, 7) is 3.10. The number of piperazine rings is 1. The van der Waals surface area contributed by atoms with Crippen LogP contribution < -0.4 is 5.32 Å². The fourth-order valence-corrected chi connectivity index (χ4v) is 2.27. The van der Waals surface area contributed by atoms with Gasteiger partial charge in [-0.15, -0.1) is 0 Å². The van der Waals surface area contributed by atoms with Crippen LogP contribution in [0.4, 0.5) is 0 Å². The van der Waals surface area contributed by atoms with Crippen molar-refractivity contribution in [3.63, 3.8) is 0 Å². The summed E-state index contributed by atoms with van der Waals surface area (Å²) >= 11 is 0. The molecule has 0 amide bonds. The summed E-state index contributed by atoms with van der Waals surface area (Å²) in [7, 11) is 2.14. The molecule has 4 nitrogen and oxygen atoms in total. The second-order valence-electron chi connectivity index (χ2n) is 4.60. The van der Waals surface area contributed by atoms with Gasteiger partial charge in [-0.3, -0.25) is 0 Å². The first-order chi connectivity index (χ1) is 8.33. The lowest BCUT2D eigenvalue weighted by atomic mass is 10.1. The quantitative estimate of drug-likeness (QED) is 0.796. The summed E-state index contributed by atoms with van der Waals surface area (Å²) in [6.07, 6.45) is 0. The predicted octanol–water partition coefficient (Wildman–Crippen LogP) is 1.21. The SMILES string of the molecule is CN1CCNC(c2cc3ccccc3nn2)C1. The van der Waals surface area contributed by atoms with E-state index in [0.717, 1.165) is 36.2 Å². The number of nitrogens with zero attached hydrogens (tertiary/aromatic N) is 3. The van der Waals surface area contributed by atoms with E-state index in [4.69, 9.17) is 0 Å². The topological polar surface area (TPSA) is 41.0 Å². The van der Waals surface area contributed by atoms with Gasteiger partial charge in [0.15, 0.2) is 0 Å². The first kappa shape index (κ1) is 10.6. The van der Waals surface area contributed by atoms with Gasteiger partial charge in [0.25, 0.3) is 0 Å². The Hall–Kier alpha value is -1.52. The van der Waals surface area contributed by atoms with E-state index in [1.54, 1.807) is 0 Å². The third-order valence-electron chi connectivity index (χ3n) is 3.25. The van der Waals surface area contributed by atoms with Crippen molar-refractivity contribution in [3.05, 3.63) is 36.0 Å². The van der Waals surface area contributed by atoms with Crippen molar-refractivity contribution in [1.29, 1.82) is 0 Å². The van der Waals surface area contributed by atoms with Gasteiger partial charge >= 0.3 is 0 Å². The van der Waals surface area contributed by atoms with Crippen molar-refractivity contribution in [3.8, 4) is 0 Å². The minimum absolute atomic E-state index is 0.297. The van der Waals surface area contributed by atoms with E-state index >= 15 is 0 Å². The average Bonchev–Trinajstić information content (AvgIpc) is 2.38. The molecule has 4 heteroatoms. The molecule has 1 aromatic carbocycles. The Morgan fingerprint density at radius 2 is 2.18 bits per heavy atom. The number of fused-ring (bicyclic) bond motifs is 1. The minimum atomic E-state index is 0.297. The van der Waals surface area contributed by atoms with Crippen molar-refractivity contribution >= 4 is 10.9 Å². The molecule has 17 heavy (non-hydrogen) atoms. The molecule has 0 spiro atoms. The lowest BCUT2D eigenvalue weighted by Gasteiger charge is -2.30. The first-order valence-electron chi connectivity index (χ1n) is 5.97. The highest BCUT2D eigenvalue weighted by molar-refractivity contribution is 5.77. The van der Waals surface area contributed by atoms with Crippen molar-refractivity contribution in [1.82, 2.24) is 20.4 Å². The molecule has 0 saturated carbocycles. The Kier molecular flexibility index (Phi) is 2.74. The molecule has 0 aliphatic carbocycles. The van der Waals surface area contributed by atoms with Crippen molar-refractivity contribution in [2.75, 3.05) is 26.7 Å². The number of nitrogens with one attached hydrogen (secondary N) is 1.